The molecule has 1 heterocycles. The first-order valence-corrected chi connectivity index (χ1v) is 16.0. The minimum atomic E-state index is -0.558. The Morgan fingerprint density at radius 2 is 1.77 bits per heavy atom. The van der Waals surface area contributed by atoms with Crippen molar-refractivity contribution in [3.8, 4) is 11.5 Å². The SMILES string of the molecule is COc1ccc2c(c1)CC[C@]1(C=O)C2=C(c2ccc(OCc3ccccc3)cc2)C[C@]2(C)[C@@H](OC3CCCCO3)CC[C@H]21. The molecule has 5 atom stereocenters. The van der Waals surface area contributed by atoms with Gasteiger partial charge in [-0.3, -0.25) is 0 Å². The number of carbonyl (C=O) groups is 1. The monoisotopic (exact) mass is 578 g/mol. The number of hydrogen-bond acceptors (Lipinski definition) is 5. The van der Waals surface area contributed by atoms with Gasteiger partial charge in [0.15, 0.2) is 6.29 Å². The predicted molar refractivity (Wildman–Crippen MR) is 168 cm³/mol. The van der Waals surface area contributed by atoms with Crippen LogP contribution in [0.25, 0.3) is 11.1 Å². The lowest BCUT2D eigenvalue weighted by Gasteiger charge is -2.54. The normalized spacial score (nSPS) is 29.8. The van der Waals surface area contributed by atoms with Crippen LogP contribution in [0.3, 0.4) is 0 Å². The van der Waals surface area contributed by atoms with E-state index in [0.29, 0.717) is 6.61 Å². The standard InChI is InChI=1S/C38H42O5/c1-37-23-32(27-11-13-29(14-12-27)42-24-26-8-4-3-5-9-26)36-31-16-15-30(40-2)22-28(31)19-20-38(36,25-39)33(37)17-18-34(37)43-35-10-6-7-21-41-35/h3-5,8-9,11-16,22,25,33-35H,6-7,10,17-21,23-24H2,1-2H3/t33-,34+,35?,37+,38-/m1/s1. The number of hydrogen-bond donors (Lipinski definition) is 0. The number of allylic oxidation sites excluding steroid dienone is 2. The van der Waals surface area contributed by atoms with E-state index in [1.807, 2.05) is 24.3 Å². The molecule has 3 aromatic carbocycles. The lowest BCUT2D eigenvalue weighted by atomic mass is 9.49. The Hall–Kier alpha value is -3.41. The van der Waals surface area contributed by atoms with Gasteiger partial charge in [-0.05, 0) is 115 Å². The van der Waals surface area contributed by atoms with Crippen LogP contribution in [0.15, 0.2) is 72.8 Å². The van der Waals surface area contributed by atoms with Crippen LogP contribution in [0.5, 0.6) is 11.5 Å². The maximum Gasteiger partial charge on any atom is 0.157 e. The van der Waals surface area contributed by atoms with Gasteiger partial charge in [0, 0.05) is 12.0 Å². The molecular weight excluding hydrogens is 536 g/mol. The fourth-order valence-corrected chi connectivity index (χ4v) is 8.58. The zero-order valence-corrected chi connectivity index (χ0v) is 25.3. The van der Waals surface area contributed by atoms with Crippen LogP contribution < -0.4 is 9.47 Å². The van der Waals surface area contributed by atoms with Crippen LogP contribution in [-0.4, -0.2) is 32.4 Å². The molecule has 224 valence electrons. The molecule has 0 aromatic heterocycles. The van der Waals surface area contributed by atoms with Crippen LogP contribution in [0, 0.1) is 16.7 Å². The second kappa shape index (κ2) is 11.6. The minimum Gasteiger partial charge on any atom is -0.497 e. The van der Waals surface area contributed by atoms with Crippen molar-refractivity contribution in [2.45, 2.75) is 77.3 Å². The molecule has 5 nitrogen and oxygen atoms in total. The van der Waals surface area contributed by atoms with E-state index in [0.717, 1.165) is 80.6 Å². The molecule has 1 aliphatic heterocycles. The summed E-state index contributed by atoms with van der Waals surface area (Å²) >= 11 is 0. The van der Waals surface area contributed by atoms with E-state index in [1.54, 1.807) is 7.11 Å². The maximum atomic E-state index is 13.5. The van der Waals surface area contributed by atoms with Crippen LogP contribution in [0.1, 0.15) is 74.1 Å². The Labute approximate surface area is 255 Å². The first kappa shape index (κ1) is 28.4. The second-order valence-electron chi connectivity index (χ2n) is 13.1. The van der Waals surface area contributed by atoms with E-state index >= 15 is 0 Å². The number of aldehydes is 1. The predicted octanol–water partition coefficient (Wildman–Crippen LogP) is 8.05. The van der Waals surface area contributed by atoms with Gasteiger partial charge in [-0.2, -0.15) is 0 Å². The average molecular weight is 579 g/mol. The van der Waals surface area contributed by atoms with Gasteiger partial charge in [-0.1, -0.05) is 55.5 Å². The Balaban J connectivity index is 1.30. The van der Waals surface area contributed by atoms with E-state index in [4.69, 9.17) is 18.9 Å². The van der Waals surface area contributed by atoms with Gasteiger partial charge < -0.3 is 23.7 Å². The van der Waals surface area contributed by atoms with Gasteiger partial charge in [-0.15, -0.1) is 0 Å². The summed E-state index contributed by atoms with van der Waals surface area (Å²) in [5, 5.41) is 0. The van der Waals surface area contributed by atoms with Gasteiger partial charge in [0.2, 0.25) is 0 Å². The highest BCUT2D eigenvalue weighted by Gasteiger charge is 2.62. The molecule has 3 aromatic rings. The summed E-state index contributed by atoms with van der Waals surface area (Å²) in [5.74, 6) is 1.92. The van der Waals surface area contributed by atoms with Crippen molar-refractivity contribution < 1.29 is 23.7 Å². The maximum absolute atomic E-state index is 13.5. The lowest BCUT2D eigenvalue weighted by Crippen LogP contribution is -2.50. The van der Waals surface area contributed by atoms with E-state index < -0.39 is 5.41 Å². The quantitative estimate of drug-likeness (QED) is 0.253. The van der Waals surface area contributed by atoms with Crippen LogP contribution in [0.4, 0.5) is 0 Å². The van der Waals surface area contributed by atoms with Crippen molar-refractivity contribution >= 4 is 17.4 Å². The molecule has 7 rings (SSSR count). The van der Waals surface area contributed by atoms with Crippen LogP contribution in [0.2, 0.25) is 0 Å². The van der Waals surface area contributed by atoms with Crippen molar-refractivity contribution in [3.05, 3.63) is 95.1 Å². The molecule has 4 aliphatic rings. The van der Waals surface area contributed by atoms with Crippen molar-refractivity contribution in [3.63, 3.8) is 0 Å². The zero-order chi connectivity index (χ0) is 29.4. The third kappa shape index (κ3) is 5.01. The third-order valence-electron chi connectivity index (χ3n) is 10.7. The van der Waals surface area contributed by atoms with Gasteiger partial charge in [0.1, 0.15) is 24.4 Å². The summed E-state index contributed by atoms with van der Waals surface area (Å²) in [6.07, 6.45) is 8.87. The van der Waals surface area contributed by atoms with E-state index in [9.17, 15) is 4.79 Å². The summed E-state index contributed by atoms with van der Waals surface area (Å²) in [6.45, 7) is 3.67. The number of benzene rings is 3. The van der Waals surface area contributed by atoms with E-state index in [1.165, 1.54) is 28.6 Å². The van der Waals surface area contributed by atoms with Crippen molar-refractivity contribution in [2.75, 3.05) is 13.7 Å². The number of methoxy groups -OCH3 is 1. The van der Waals surface area contributed by atoms with Crippen LogP contribution in [-0.2, 0) is 27.3 Å². The molecule has 2 fully saturated rings. The summed E-state index contributed by atoms with van der Waals surface area (Å²) in [5.41, 5.74) is 6.48. The summed E-state index contributed by atoms with van der Waals surface area (Å²) < 4.78 is 24.5. The molecular formula is C38H42O5. The Kier molecular flexibility index (Phi) is 7.65. The van der Waals surface area contributed by atoms with Crippen molar-refractivity contribution in [2.24, 2.45) is 16.7 Å². The highest BCUT2D eigenvalue weighted by atomic mass is 16.7. The third-order valence-corrected chi connectivity index (χ3v) is 10.7. The summed E-state index contributed by atoms with van der Waals surface area (Å²) in [7, 11) is 1.72. The number of ether oxygens (including phenoxy) is 4. The lowest BCUT2D eigenvalue weighted by molar-refractivity contribution is -0.209. The average Bonchev–Trinajstić information content (AvgIpc) is 3.39. The van der Waals surface area contributed by atoms with Crippen molar-refractivity contribution in [1.29, 1.82) is 0 Å². The molecule has 0 bridgehead atoms. The molecule has 1 saturated carbocycles. The Morgan fingerprint density at radius 3 is 2.51 bits per heavy atom. The molecule has 3 aliphatic carbocycles. The number of carbonyl (C=O) groups excluding carboxylic acids is 1. The Bertz CT molecular complexity index is 1490. The molecule has 0 N–H and O–H groups in total. The molecule has 0 spiro atoms. The number of fused-ring (bicyclic) bond motifs is 5. The zero-order valence-electron chi connectivity index (χ0n) is 25.3. The first-order chi connectivity index (χ1) is 21.0. The number of aryl methyl sites for hydroxylation is 1. The topological polar surface area (TPSA) is 54.0 Å². The smallest absolute Gasteiger partial charge is 0.157 e. The molecule has 5 heteroatoms. The van der Waals surface area contributed by atoms with Crippen molar-refractivity contribution in [1.82, 2.24) is 0 Å². The molecule has 0 radical (unpaired) electrons. The fraction of sp³-hybridized carbons (Fsp3) is 0.447. The largest absolute Gasteiger partial charge is 0.497 e. The molecule has 0 amide bonds. The fourth-order valence-electron chi connectivity index (χ4n) is 8.58. The van der Waals surface area contributed by atoms with Gasteiger partial charge in [-0.25, -0.2) is 0 Å². The van der Waals surface area contributed by atoms with Gasteiger partial charge in [0.05, 0.1) is 18.6 Å². The summed E-state index contributed by atoms with van der Waals surface area (Å²) in [6, 6.07) is 25.1. The van der Waals surface area contributed by atoms with Gasteiger partial charge >= 0.3 is 0 Å². The summed E-state index contributed by atoms with van der Waals surface area (Å²) in [4.78, 5) is 13.5. The van der Waals surface area contributed by atoms with Gasteiger partial charge in [0.25, 0.3) is 0 Å². The molecule has 1 unspecified atom stereocenters. The highest BCUT2D eigenvalue weighted by molar-refractivity contribution is 6.03. The molecule has 43 heavy (non-hydrogen) atoms. The minimum absolute atomic E-state index is 0.0553. The second-order valence-corrected chi connectivity index (χ2v) is 13.1. The Morgan fingerprint density at radius 1 is 0.953 bits per heavy atom. The molecule has 1 saturated heterocycles. The van der Waals surface area contributed by atoms with E-state index in [-0.39, 0.29) is 23.7 Å². The highest BCUT2D eigenvalue weighted by Crippen LogP contribution is 2.67. The first-order valence-electron chi connectivity index (χ1n) is 16.0. The van der Waals surface area contributed by atoms with E-state index in [2.05, 4.69) is 55.5 Å². The van der Waals surface area contributed by atoms with Crippen LogP contribution >= 0.6 is 0 Å². The number of rotatable bonds is 8.